The van der Waals surface area contributed by atoms with E-state index in [4.69, 9.17) is 14.7 Å². The number of nitrogens with zero attached hydrogens (tertiary/aromatic N) is 3. The van der Waals surface area contributed by atoms with Crippen LogP contribution in [0.3, 0.4) is 0 Å². The summed E-state index contributed by atoms with van der Waals surface area (Å²) in [7, 11) is 0. The number of nitrogens with one attached hydrogen (secondary N) is 1. The average molecular weight is 489 g/mol. The molecule has 3 aliphatic heterocycles. The normalized spacial score (nSPS) is 26.6. The van der Waals surface area contributed by atoms with Crippen LogP contribution in [0.2, 0.25) is 0 Å². The van der Waals surface area contributed by atoms with Gasteiger partial charge in [-0.1, -0.05) is 18.9 Å². The van der Waals surface area contributed by atoms with Crippen LogP contribution in [0, 0.1) is 12.8 Å². The molecule has 0 spiro atoms. The van der Waals surface area contributed by atoms with Gasteiger partial charge >= 0.3 is 12.3 Å². The summed E-state index contributed by atoms with van der Waals surface area (Å²) in [4.78, 5) is 24.2. The number of hydrogen-bond donors (Lipinski definition) is 1. The Balaban J connectivity index is 1.18. The molecule has 4 aliphatic rings. The molecule has 0 radical (unpaired) electrons. The average Bonchev–Trinajstić information content (AvgIpc) is 3.38. The lowest BCUT2D eigenvalue weighted by molar-refractivity contribution is -0.137. The molecule has 2 aromatic rings. The van der Waals surface area contributed by atoms with Gasteiger partial charge in [-0.2, -0.15) is 13.2 Å². The number of ether oxygens (including phenoxy) is 1. The molecule has 4 heterocycles. The fourth-order valence-corrected chi connectivity index (χ4v) is 5.98. The molecule has 1 saturated carbocycles. The van der Waals surface area contributed by atoms with Crippen molar-refractivity contribution in [2.45, 2.75) is 69.5 Å². The fraction of sp³-hybridized carbons (Fsp3) is 0.577. The highest BCUT2D eigenvalue weighted by Gasteiger charge is 2.42. The highest BCUT2D eigenvalue weighted by molar-refractivity contribution is 5.84. The molecular weight excluding hydrogens is 457 g/mol. The van der Waals surface area contributed by atoms with Gasteiger partial charge in [0, 0.05) is 41.5 Å². The topological polar surface area (TPSA) is 67.4 Å². The van der Waals surface area contributed by atoms with Crippen molar-refractivity contribution in [3.8, 4) is 0 Å². The molecule has 2 bridgehead atoms. The SMILES string of the molecule is Cc1nc(C2CCCC2)cc([C@@H]2CN3CC[C@H]2C[C@@H]3COC(=O)Nc2cccc(C(F)(F)F)c2)n1. The van der Waals surface area contributed by atoms with Crippen LogP contribution in [0.1, 0.15) is 73.1 Å². The van der Waals surface area contributed by atoms with Crippen molar-refractivity contribution >= 4 is 11.8 Å². The van der Waals surface area contributed by atoms with E-state index >= 15 is 0 Å². The number of carbonyl (C=O) groups is 1. The standard InChI is InChI=1S/C26H31F3N4O2/c1-16-30-23(17-5-2-3-6-17)13-24(31-16)22-14-33-10-9-18(22)11-21(33)15-35-25(34)32-20-8-4-7-19(12-20)26(27,28)29/h4,7-8,12-13,17-18,21-22H,2-3,5-6,9-11,14-15H2,1H3,(H,32,34)/t18-,21+,22+/m0/s1. The van der Waals surface area contributed by atoms with Gasteiger partial charge in [-0.05, 0) is 69.3 Å². The zero-order valence-corrected chi connectivity index (χ0v) is 19.9. The van der Waals surface area contributed by atoms with E-state index in [0.717, 1.165) is 49.6 Å². The van der Waals surface area contributed by atoms with Gasteiger partial charge < -0.3 is 4.74 Å². The fourth-order valence-electron chi connectivity index (χ4n) is 5.98. The molecule has 4 atom stereocenters. The first-order valence-corrected chi connectivity index (χ1v) is 12.5. The van der Waals surface area contributed by atoms with E-state index in [1.807, 2.05) is 6.92 Å². The molecule has 6 rings (SSSR count). The predicted molar refractivity (Wildman–Crippen MR) is 125 cm³/mol. The Kier molecular flexibility index (Phi) is 6.70. The Hall–Kier alpha value is -2.68. The second kappa shape index (κ2) is 9.76. The van der Waals surface area contributed by atoms with Crippen LogP contribution >= 0.6 is 0 Å². The van der Waals surface area contributed by atoms with Crippen LogP contribution in [0.5, 0.6) is 0 Å². The lowest BCUT2D eigenvalue weighted by Crippen LogP contribution is -2.54. The number of carbonyl (C=O) groups excluding carboxylic acids is 1. The third-order valence-electron chi connectivity index (χ3n) is 7.75. The van der Waals surface area contributed by atoms with E-state index in [9.17, 15) is 18.0 Å². The molecule has 4 fully saturated rings. The monoisotopic (exact) mass is 488 g/mol. The van der Waals surface area contributed by atoms with Crippen molar-refractivity contribution in [1.82, 2.24) is 14.9 Å². The maximum Gasteiger partial charge on any atom is 0.416 e. The van der Waals surface area contributed by atoms with Crippen LogP contribution in [-0.2, 0) is 10.9 Å². The van der Waals surface area contributed by atoms with Crippen molar-refractivity contribution in [2.24, 2.45) is 5.92 Å². The number of anilines is 1. The van der Waals surface area contributed by atoms with Crippen LogP contribution in [0.25, 0.3) is 0 Å². The maximum atomic E-state index is 12.9. The third kappa shape index (κ3) is 5.44. The predicted octanol–water partition coefficient (Wildman–Crippen LogP) is 5.89. The lowest BCUT2D eigenvalue weighted by atomic mass is 9.74. The number of halogens is 3. The van der Waals surface area contributed by atoms with E-state index in [1.165, 1.54) is 43.5 Å². The van der Waals surface area contributed by atoms with Crippen molar-refractivity contribution in [3.05, 3.63) is 53.1 Å². The second-order valence-electron chi connectivity index (χ2n) is 10.1. The molecule has 1 aliphatic carbocycles. The summed E-state index contributed by atoms with van der Waals surface area (Å²) < 4.78 is 44.1. The Morgan fingerprint density at radius 2 is 1.91 bits per heavy atom. The molecule has 1 amide bonds. The smallest absolute Gasteiger partial charge is 0.416 e. The van der Waals surface area contributed by atoms with Gasteiger partial charge in [0.05, 0.1) is 5.56 Å². The Bertz CT molecular complexity index is 1070. The van der Waals surface area contributed by atoms with E-state index in [1.54, 1.807) is 0 Å². The van der Waals surface area contributed by atoms with Gasteiger partial charge in [0.15, 0.2) is 0 Å². The molecule has 1 unspecified atom stereocenters. The molecule has 1 aromatic heterocycles. The molecule has 1 aromatic carbocycles. The molecule has 6 nitrogen and oxygen atoms in total. The third-order valence-corrected chi connectivity index (χ3v) is 7.75. The number of hydrogen-bond acceptors (Lipinski definition) is 5. The number of amides is 1. The van der Waals surface area contributed by atoms with Gasteiger partial charge in [-0.15, -0.1) is 0 Å². The van der Waals surface area contributed by atoms with E-state index in [2.05, 4.69) is 16.3 Å². The first kappa shape index (κ1) is 24.0. The summed E-state index contributed by atoms with van der Waals surface area (Å²) in [6.45, 7) is 4.01. The van der Waals surface area contributed by atoms with Crippen molar-refractivity contribution in [3.63, 3.8) is 0 Å². The molecule has 1 N–H and O–H groups in total. The highest BCUT2D eigenvalue weighted by Crippen LogP contribution is 2.42. The summed E-state index contributed by atoms with van der Waals surface area (Å²) in [6.07, 6.45) is 1.74. The number of benzene rings is 1. The Morgan fingerprint density at radius 3 is 2.63 bits per heavy atom. The second-order valence-corrected chi connectivity index (χ2v) is 10.1. The summed E-state index contributed by atoms with van der Waals surface area (Å²) >= 11 is 0. The minimum absolute atomic E-state index is 0.0626. The minimum Gasteiger partial charge on any atom is -0.448 e. The summed E-state index contributed by atoms with van der Waals surface area (Å²) in [5, 5.41) is 2.42. The molecular formula is C26H31F3N4O2. The van der Waals surface area contributed by atoms with Gasteiger partial charge in [-0.25, -0.2) is 14.8 Å². The summed E-state index contributed by atoms with van der Waals surface area (Å²) in [5.41, 5.74) is 1.57. The Labute approximate surface area is 203 Å². The molecule has 3 saturated heterocycles. The van der Waals surface area contributed by atoms with E-state index in [0.29, 0.717) is 17.8 Å². The van der Waals surface area contributed by atoms with Crippen molar-refractivity contribution in [2.75, 3.05) is 25.0 Å². The summed E-state index contributed by atoms with van der Waals surface area (Å²) in [5.74, 6) is 2.20. The molecule has 9 heteroatoms. The number of fused-ring (bicyclic) bond motifs is 3. The van der Waals surface area contributed by atoms with Gasteiger partial charge in [0.25, 0.3) is 0 Å². The first-order valence-electron chi connectivity index (χ1n) is 12.5. The van der Waals surface area contributed by atoms with E-state index < -0.39 is 17.8 Å². The van der Waals surface area contributed by atoms with Gasteiger partial charge in [-0.3, -0.25) is 10.2 Å². The summed E-state index contributed by atoms with van der Waals surface area (Å²) in [6, 6.07) is 6.88. The van der Waals surface area contributed by atoms with Gasteiger partial charge in [0.2, 0.25) is 0 Å². The molecule has 188 valence electrons. The zero-order valence-electron chi connectivity index (χ0n) is 19.9. The highest BCUT2D eigenvalue weighted by atomic mass is 19.4. The number of alkyl halides is 3. The van der Waals surface area contributed by atoms with Crippen molar-refractivity contribution < 1.29 is 22.7 Å². The zero-order chi connectivity index (χ0) is 24.6. The van der Waals surface area contributed by atoms with Crippen LogP contribution in [0.15, 0.2) is 30.3 Å². The van der Waals surface area contributed by atoms with E-state index in [-0.39, 0.29) is 18.3 Å². The van der Waals surface area contributed by atoms with Crippen LogP contribution < -0.4 is 5.32 Å². The maximum absolute atomic E-state index is 12.9. The van der Waals surface area contributed by atoms with Crippen LogP contribution in [-0.4, -0.2) is 46.7 Å². The van der Waals surface area contributed by atoms with Crippen molar-refractivity contribution in [1.29, 1.82) is 0 Å². The first-order chi connectivity index (χ1) is 16.8. The minimum atomic E-state index is -4.47. The van der Waals surface area contributed by atoms with Crippen LogP contribution in [0.4, 0.5) is 23.7 Å². The lowest BCUT2D eigenvalue weighted by Gasteiger charge is -2.49. The quantitative estimate of drug-likeness (QED) is 0.569. The number of aryl methyl sites for hydroxylation is 1. The Morgan fingerprint density at radius 1 is 1.14 bits per heavy atom. The largest absolute Gasteiger partial charge is 0.448 e. The number of aromatic nitrogens is 2. The van der Waals surface area contributed by atoms with Gasteiger partial charge in [0.1, 0.15) is 12.4 Å². The number of piperidine rings is 3. The number of rotatable bonds is 5. The molecule has 35 heavy (non-hydrogen) atoms.